The molecule has 11 nitrogen and oxygen atoms in total. The van der Waals surface area contributed by atoms with Crippen molar-refractivity contribution < 1.29 is 53.8 Å². The number of carbonyl (C=O) groups is 3. The van der Waals surface area contributed by atoms with Crippen LogP contribution in [0.2, 0.25) is 0 Å². The van der Waals surface area contributed by atoms with Gasteiger partial charge in [0.1, 0.15) is 12.2 Å². The molecule has 0 bridgehead atoms. The van der Waals surface area contributed by atoms with Gasteiger partial charge < -0.3 is 39.4 Å². The van der Waals surface area contributed by atoms with Crippen LogP contribution in [0, 0.1) is 34.0 Å². The highest BCUT2D eigenvalue weighted by molar-refractivity contribution is 5.95. The molecule has 7 aliphatic rings. The van der Waals surface area contributed by atoms with E-state index in [4.69, 9.17) is 18.9 Å². The average Bonchev–Trinajstić information content (AvgIpc) is 3.35. The Morgan fingerprint density at radius 1 is 0.938 bits per heavy atom. The first-order chi connectivity index (χ1) is 14.7. The fraction of sp³-hybridized carbons (Fsp3) is 0.857. The first kappa shape index (κ1) is 19.7. The van der Waals surface area contributed by atoms with E-state index in [0.717, 1.165) is 0 Å². The summed E-state index contributed by atoms with van der Waals surface area (Å²) in [5.41, 5.74) is -10.8. The Morgan fingerprint density at radius 3 is 2.22 bits per heavy atom. The largest absolute Gasteiger partial charge is 0.456 e. The van der Waals surface area contributed by atoms with Crippen LogP contribution in [0.25, 0.3) is 0 Å². The lowest BCUT2D eigenvalue weighted by atomic mass is 9.35. The highest BCUT2D eigenvalue weighted by Gasteiger charge is 3.09. The van der Waals surface area contributed by atoms with Crippen molar-refractivity contribution in [2.24, 2.45) is 34.0 Å². The fourth-order valence-corrected chi connectivity index (χ4v) is 9.22. The Morgan fingerprint density at radius 2 is 1.59 bits per heavy atom. The molecule has 0 aromatic rings. The van der Waals surface area contributed by atoms with Crippen molar-refractivity contribution >= 4 is 17.9 Å². The Hall–Kier alpha value is -1.79. The summed E-state index contributed by atoms with van der Waals surface area (Å²) in [7, 11) is 0. The van der Waals surface area contributed by atoms with Crippen LogP contribution in [0.15, 0.2) is 0 Å². The van der Waals surface area contributed by atoms with Crippen molar-refractivity contribution in [1.82, 2.24) is 0 Å². The molecule has 4 saturated heterocycles. The number of hydrogen-bond acceptors (Lipinski definition) is 11. The van der Waals surface area contributed by atoms with Gasteiger partial charge in [-0.1, -0.05) is 20.8 Å². The lowest BCUT2D eigenvalue weighted by Crippen LogP contribution is -2.79. The van der Waals surface area contributed by atoms with Gasteiger partial charge >= 0.3 is 17.9 Å². The van der Waals surface area contributed by atoms with Crippen LogP contribution in [0.5, 0.6) is 0 Å². The summed E-state index contributed by atoms with van der Waals surface area (Å²) in [5.74, 6) is -6.25. The van der Waals surface area contributed by atoms with Crippen LogP contribution in [-0.4, -0.2) is 85.8 Å². The molecule has 32 heavy (non-hydrogen) atoms. The van der Waals surface area contributed by atoms with Gasteiger partial charge in [0.25, 0.3) is 0 Å². The molecular formula is C21H24O11. The van der Waals surface area contributed by atoms with Gasteiger partial charge in [0.15, 0.2) is 11.7 Å². The number of fused-ring (bicyclic) bond motifs is 1. The zero-order chi connectivity index (χ0) is 23.2. The maximum atomic E-state index is 13.4. The summed E-state index contributed by atoms with van der Waals surface area (Å²) in [4.78, 5) is 38.9. The summed E-state index contributed by atoms with van der Waals surface area (Å²) in [5, 5.41) is 46.8. The molecule has 13 atom stereocenters. The standard InChI is InChI=1S/C21H24O11/c1-5-12(24)29-11-9(23)18-10-6(22)7-17(18)8(20(7,28)16(2,3)4)13(25)31-15(17)32-21(18,14(26)30-10)19(5,11)27/h5-11,15,22-23,27-28H,1-4H3. The van der Waals surface area contributed by atoms with Crippen molar-refractivity contribution in [1.29, 1.82) is 0 Å². The van der Waals surface area contributed by atoms with Crippen LogP contribution >= 0.6 is 0 Å². The van der Waals surface area contributed by atoms with Gasteiger partial charge in [0, 0.05) is 5.92 Å². The molecule has 7 fully saturated rings. The number of ether oxygens (including phenoxy) is 4. The van der Waals surface area contributed by atoms with Gasteiger partial charge in [-0.3, -0.25) is 9.59 Å². The van der Waals surface area contributed by atoms with Crippen LogP contribution < -0.4 is 0 Å². The van der Waals surface area contributed by atoms with E-state index in [9.17, 15) is 34.8 Å². The second kappa shape index (κ2) is 4.58. The molecule has 0 amide bonds. The first-order valence-electron chi connectivity index (χ1n) is 10.8. The minimum Gasteiger partial charge on any atom is -0.456 e. The third-order valence-corrected chi connectivity index (χ3v) is 10.2. The summed E-state index contributed by atoms with van der Waals surface area (Å²) >= 11 is 0. The van der Waals surface area contributed by atoms with E-state index >= 15 is 0 Å². The number of rotatable bonds is 0. The Bertz CT molecular complexity index is 1050. The van der Waals surface area contributed by atoms with E-state index in [0.29, 0.717) is 0 Å². The zero-order valence-corrected chi connectivity index (χ0v) is 17.8. The van der Waals surface area contributed by atoms with Gasteiger partial charge in [0.05, 0.1) is 34.4 Å². The lowest BCUT2D eigenvalue weighted by molar-refractivity contribution is -0.316. The lowest BCUT2D eigenvalue weighted by Gasteiger charge is -2.66. The topological polar surface area (TPSA) is 169 Å². The second-order valence-electron chi connectivity index (χ2n) is 11.5. The SMILES string of the molecule is CC1C(=O)OC2C(O)C34C5OC(=O)C3(OC3OC(=O)C6C(O)(C(C)(C)C)C(C5O)C364)C12O. The van der Waals surface area contributed by atoms with E-state index in [2.05, 4.69) is 0 Å². The zero-order valence-electron chi connectivity index (χ0n) is 17.8. The Labute approximate surface area is 181 Å². The Kier molecular flexibility index (Phi) is 2.82. The normalized spacial score (nSPS) is 65.1. The van der Waals surface area contributed by atoms with Gasteiger partial charge in [-0.15, -0.1) is 0 Å². The third kappa shape index (κ3) is 1.21. The molecule has 3 saturated carbocycles. The highest BCUT2D eigenvalue weighted by atomic mass is 16.8. The molecule has 11 heteroatoms. The van der Waals surface area contributed by atoms with Crippen molar-refractivity contribution in [3.8, 4) is 0 Å². The molecule has 4 N–H and O–H groups in total. The molecule has 174 valence electrons. The van der Waals surface area contributed by atoms with E-state index < -0.39 is 99.4 Å². The Balaban J connectivity index is 1.58. The predicted octanol–water partition coefficient (Wildman–Crippen LogP) is -2.40. The first-order valence-corrected chi connectivity index (χ1v) is 10.8. The van der Waals surface area contributed by atoms with Gasteiger partial charge in [-0.2, -0.15) is 0 Å². The number of aliphatic hydroxyl groups excluding tert-OH is 2. The summed E-state index contributed by atoms with van der Waals surface area (Å²) < 4.78 is 22.5. The summed E-state index contributed by atoms with van der Waals surface area (Å²) in [6.07, 6.45) is -7.58. The molecule has 2 spiro atoms. The summed E-state index contributed by atoms with van der Waals surface area (Å²) in [6, 6.07) is 0. The van der Waals surface area contributed by atoms with Crippen LogP contribution in [0.1, 0.15) is 27.7 Å². The maximum Gasteiger partial charge on any atom is 0.343 e. The molecule has 0 aromatic carbocycles. The molecule has 0 aromatic heterocycles. The number of esters is 3. The maximum absolute atomic E-state index is 13.4. The molecule has 13 unspecified atom stereocenters. The van der Waals surface area contributed by atoms with Crippen molar-refractivity contribution in [2.75, 3.05) is 0 Å². The van der Waals surface area contributed by atoms with Crippen molar-refractivity contribution in [3.63, 3.8) is 0 Å². The smallest absolute Gasteiger partial charge is 0.343 e. The molecule has 4 heterocycles. The summed E-state index contributed by atoms with van der Waals surface area (Å²) in [6.45, 7) is 6.50. The number of aliphatic hydroxyl groups is 4. The predicted molar refractivity (Wildman–Crippen MR) is 95.8 cm³/mol. The van der Waals surface area contributed by atoms with Gasteiger partial charge in [-0.05, 0) is 12.3 Å². The molecule has 0 radical (unpaired) electrons. The number of hydrogen-bond donors (Lipinski definition) is 4. The van der Waals surface area contributed by atoms with E-state index in [1.54, 1.807) is 20.8 Å². The average molecular weight is 452 g/mol. The fourth-order valence-electron chi connectivity index (χ4n) is 9.22. The minimum absolute atomic E-state index is 0.778. The second-order valence-corrected chi connectivity index (χ2v) is 11.5. The number of carbonyl (C=O) groups excluding carboxylic acids is 3. The van der Waals surface area contributed by atoms with Crippen LogP contribution in [0.4, 0.5) is 0 Å². The molecular weight excluding hydrogens is 428 g/mol. The van der Waals surface area contributed by atoms with Gasteiger partial charge in [-0.25, -0.2) is 4.79 Å². The van der Waals surface area contributed by atoms with Crippen LogP contribution in [-0.2, 0) is 33.3 Å². The monoisotopic (exact) mass is 452 g/mol. The van der Waals surface area contributed by atoms with Crippen molar-refractivity contribution in [2.45, 2.75) is 75.2 Å². The van der Waals surface area contributed by atoms with E-state index in [-0.39, 0.29) is 0 Å². The van der Waals surface area contributed by atoms with E-state index in [1.165, 1.54) is 6.92 Å². The third-order valence-electron chi connectivity index (χ3n) is 10.2. The minimum atomic E-state index is -2.32. The van der Waals surface area contributed by atoms with Crippen molar-refractivity contribution in [3.05, 3.63) is 0 Å². The molecule has 3 aliphatic carbocycles. The quantitative estimate of drug-likeness (QED) is 0.228. The molecule has 4 aliphatic heterocycles. The van der Waals surface area contributed by atoms with Gasteiger partial charge in [0.2, 0.25) is 11.9 Å². The van der Waals surface area contributed by atoms with Crippen LogP contribution in [0.3, 0.4) is 0 Å². The molecule has 7 rings (SSSR count). The van der Waals surface area contributed by atoms with E-state index in [1.807, 2.05) is 0 Å². The highest BCUT2D eigenvalue weighted by Crippen LogP contribution is 2.91.